The molecule has 0 aliphatic carbocycles. The van der Waals surface area contributed by atoms with Crippen molar-refractivity contribution in [3.05, 3.63) is 71.8 Å². The van der Waals surface area contributed by atoms with Crippen LogP contribution in [0.5, 0.6) is 0 Å². The fourth-order valence-corrected chi connectivity index (χ4v) is 3.22. The normalized spacial score (nSPS) is 12.1. The maximum Gasteiger partial charge on any atom is 0.247 e. The number of nitrogens with one attached hydrogen (secondary N) is 1. The average molecular weight is 411 g/mol. The molecule has 0 radical (unpaired) electrons. The van der Waals surface area contributed by atoms with Crippen LogP contribution in [0.3, 0.4) is 0 Å². The highest BCUT2D eigenvalue weighted by molar-refractivity contribution is 5.89. The van der Waals surface area contributed by atoms with Crippen LogP contribution in [0.15, 0.2) is 60.7 Å². The first-order chi connectivity index (χ1) is 14.4. The highest BCUT2D eigenvalue weighted by Gasteiger charge is 2.32. The molecular formula is C25H34N2O3. The van der Waals surface area contributed by atoms with Gasteiger partial charge in [0.05, 0.1) is 6.10 Å². The molecule has 0 saturated carbocycles. The topological polar surface area (TPSA) is 58.6 Å². The predicted molar refractivity (Wildman–Crippen MR) is 120 cm³/mol. The molecule has 1 atom stereocenters. The van der Waals surface area contributed by atoms with Crippen molar-refractivity contribution in [3.8, 4) is 0 Å². The monoisotopic (exact) mass is 410 g/mol. The van der Waals surface area contributed by atoms with Crippen molar-refractivity contribution < 1.29 is 14.3 Å². The van der Waals surface area contributed by atoms with Crippen molar-refractivity contribution in [1.29, 1.82) is 0 Å². The summed E-state index contributed by atoms with van der Waals surface area (Å²) in [5, 5.41) is 3.00. The van der Waals surface area contributed by atoms with E-state index in [4.69, 9.17) is 4.74 Å². The molecule has 30 heavy (non-hydrogen) atoms. The van der Waals surface area contributed by atoms with Gasteiger partial charge in [0.1, 0.15) is 6.04 Å². The van der Waals surface area contributed by atoms with Gasteiger partial charge in [-0.3, -0.25) is 9.59 Å². The molecule has 0 heterocycles. The zero-order chi connectivity index (χ0) is 21.9. The minimum atomic E-state index is -0.688. The van der Waals surface area contributed by atoms with Crippen molar-refractivity contribution in [1.82, 2.24) is 10.2 Å². The second-order valence-corrected chi connectivity index (χ2v) is 7.98. The van der Waals surface area contributed by atoms with Crippen molar-refractivity contribution >= 4 is 11.8 Å². The van der Waals surface area contributed by atoms with Crippen LogP contribution in [0, 0.1) is 5.92 Å². The number of benzene rings is 2. The van der Waals surface area contributed by atoms with E-state index in [1.54, 1.807) is 4.90 Å². The van der Waals surface area contributed by atoms with E-state index in [1.165, 1.54) is 0 Å². The zero-order valence-corrected chi connectivity index (χ0v) is 18.5. The Morgan fingerprint density at radius 2 is 1.53 bits per heavy atom. The molecule has 0 aromatic heterocycles. The van der Waals surface area contributed by atoms with Gasteiger partial charge in [0.2, 0.25) is 11.8 Å². The fraction of sp³-hybridized carbons (Fsp3) is 0.440. The lowest BCUT2D eigenvalue weighted by Gasteiger charge is -2.33. The minimum Gasteiger partial charge on any atom is -0.379 e. The Morgan fingerprint density at radius 3 is 2.10 bits per heavy atom. The number of hydrogen-bond acceptors (Lipinski definition) is 3. The van der Waals surface area contributed by atoms with Gasteiger partial charge in [-0.15, -0.1) is 0 Å². The van der Waals surface area contributed by atoms with Crippen LogP contribution in [-0.4, -0.2) is 36.0 Å². The predicted octanol–water partition coefficient (Wildman–Crippen LogP) is 4.34. The van der Waals surface area contributed by atoms with Crippen molar-refractivity contribution in [2.45, 2.75) is 52.8 Å². The molecule has 0 aliphatic heterocycles. The lowest BCUT2D eigenvalue weighted by molar-refractivity contribution is -0.144. The van der Waals surface area contributed by atoms with Crippen LogP contribution < -0.4 is 5.32 Å². The van der Waals surface area contributed by atoms with Gasteiger partial charge in [-0.25, -0.2) is 0 Å². The molecule has 0 fully saturated rings. The van der Waals surface area contributed by atoms with E-state index in [1.807, 2.05) is 88.4 Å². The van der Waals surface area contributed by atoms with E-state index in [0.29, 0.717) is 19.7 Å². The van der Waals surface area contributed by atoms with E-state index < -0.39 is 6.04 Å². The summed E-state index contributed by atoms with van der Waals surface area (Å²) >= 11 is 0. The Balaban J connectivity index is 2.25. The third kappa shape index (κ3) is 7.30. The Labute approximate surface area is 180 Å². The molecule has 0 bridgehead atoms. The number of ether oxygens (including phenoxy) is 1. The summed E-state index contributed by atoms with van der Waals surface area (Å²) in [5.74, 6) is -0.436. The Bertz CT molecular complexity index is 775. The second-order valence-electron chi connectivity index (χ2n) is 7.98. The molecular weight excluding hydrogens is 376 g/mol. The molecule has 0 spiro atoms. The molecule has 0 aliphatic rings. The third-order valence-electron chi connectivity index (χ3n) is 4.72. The number of hydrogen-bond donors (Lipinski definition) is 1. The summed E-state index contributed by atoms with van der Waals surface area (Å²) in [5.41, 5.74) is 1.80. The number of carbonyl (C=O) groups excluding carboxylic acids is 2. The maximum absolute atomic E-state index is 13.3. The molecule has 0 saturated heterocycles. The molecule has 2 rings (SSSR count). The minimum absolute atomic E-state index is 0.0500. The van der Waals surface area contributed by atoms with Crippen LogP contribution in [-0.2, 0) is 20.9 Å². The smallest absolute Gasteiger partial charge is 0.247 e. The number of carbonyl (C=O) groups is 2. The number of amides is 2. The third-order valence-corrected chi connectivity index (χ3v) is 4.72. The lowest BCUT2D eigenvalue weighted by atomic mass is 10.0. The summed E-state index contributed by atoms with van der Waals surface area (Å²) in [6.45, 7) is 9.18. The van der Waals surface area contributed by atoms with Crippen molar-refractivity contribution in [2.75, 3.05) is 13.2 Å². The Kier molecular flexibility index (Phi) is 9.55. The van der Waals surface area contributed by atoms with Gasteiger partial charge in [0.25, 0.3) is 0 Å². The van der Waals surface area contributed by atoms with Gasteiger partial charge in [-0.05, 0) is 31.4 Å². The van der Waals surface area contributed by atoms with E-state index in [2.05, 4.69) is 5.32 Å². The maximum atomic E-state index is 13.3. The molecule has 5 heteroatoms. The summed E-state index contributed by atoms with van der Waals surface area (Å²) in [4.78, 5) is 28.1. The summed E-state index contributed by atoms with van der Waals surface area (Å²) < 4.78 is 5.55. The van der Waals surface area contributed by atoms with Crippen LogP contribution in [0.25, 0.3) is 0 Å². The van der Waals surface area contributed by atoms with Crippen molar-refractivity contribution in [3.63, 3.8) is 0 Å². The zero-order valence-electron chi connectivity index (χ0n) is 18.5. The molecule has 2 amide bonds. The highest BCUT2D eigenvalue weighted by Crippen LogP contribution is 2.25. The lowest BCUT2D eigenvalue weighted by Crippen LogP contribution is -2.45. The molecule has 0 unspecified atom stereocenters. The van der Waals surface area contributed by atoms with Gasteiger partial charge in [0, 0.05) is 25.6 Å². The van der Waals surface area contributed by atoms with E-state index in [-0.39, 0.29) is 23.8 Å². The average Bonchev–Trinajstić information content (AvgIpc) is 2.73. The molecule has 2 aromatic rings. The Morgan fingerprint density at radius 1 is 0.933 bits per heavy atom. The van der Waals surface area contributed by atoms with E-state index >= 15 is 0 Å². The van der Waals surface area contributed by atoms with Crippen LogP contribution in [0.1, 0.15) is 51.3 Å². The van der Waals surface area contributed by atoms with Gasteiger partial charge in [-0.2, -0.15) is 0 Å². The van der Waals surface area contributed by atoms with E-state index in [0.717, 1.165) is 17.5 Å². The van der Waals surface area contributed by atoms with Gasteiger partial charge in [-0.1, -0.05) is 74.5 Å². The summed E-state index contributed by atoms with van der Waals surface area (Å²) in [7, 11) is 0. The Hall–Kier alpha value is -2.66. The molecule has 5 nitrogen and oxygen atoms in total. The highest BCUT2D eigenvalue weighted by atomic mass is 16.5. The van der Waals surface area contributed by atoms with Crippen LogP contribution >= 0.6 is 0 Å². The number of nitrogens with zero attached hydrogens (tertiary/aromatic N) is 1. The van der Waals surface area contributed by atoms with Crippen LogP contribution in [0.2, 0.25) is 0 Å². The fourth-order valence-electron chi connectivity index (χ4n) is 3.22. The van der Waals surface area contributed by atoms with Crippen LogP contribution in [0.4, 0.5) is 0 Å². The van der Waals surface area contributed by atoms with E-state index in [9.17, 15) is 9.59 Å². The number of rotatable bonds is 11. The second kappa shape index (κ2) is 12.1. The quantitative estimate of drug-likeness (QED) is 0.561. The largest absolute Gasteiger partial charge is 0.379 e. The summed E-state index contributed by atoms with van der Waals surface area (Å²) in [6.07, 6.45) is 0.894. The first-order valence-electron chi connectivity index (χ1n) is 10.7. The van der Waals surface area contributed by atoms with Gasteiger partial charge >= 0.3 is 0 Å². The first kappa shape index (κ1) is 23.6. The summed E-state index contributed by atoms with van der Waals surface area (Å²) in [6, 6.07) is 18.6. The SMILES string of the molecule is CC(C)OCCCNC(=O)[C@@H](c1ccccc1)N(Cc1ccccc1)C(=O)C(C)C. The molecule has 1 N–H and O–H groups in total. The van der Waals surface area contributed by atoms with Gasteiger partial charge < -0.3 is 15.0 Å². The van der Waals surface area contributed by atoms with Gasteiger partial charge in [0.15, 0.2) is 0 Å². The van der Waals surface area contributed by atoms with Crippen molar-refractivity contribution in [2.24, 2.45) is 5.92 Å². The first-order valence-corrected chi connectivity index (χ1v) is 10.7. The molecule has 2 aromatic carbocycles. The standard InChI is InChI=1S/C25H34N2O3/c1-19(2)25(29)27(18-21-12-7-5-8-13-21)23(22-14-9-6-10-15-22)24(28)26-16-11-17-30-20(3)4/h5-10,12-15,19-20,23H,11,16-18H2,1-4H3,(H,26,28)/t23-/m1/s1. The molecule has 162 valence electrons.